The second kappa shape index (κ2) is 11.9. The molecule has 1 aromatic carbocycles. The maximum Gasteiger partial charge on any atom is 0.234 e. The fourth-order valence-corrected chi connectivity index (χ4v) is 5.79. The highest BCUT2D eigenvalue weighted by atomic mass is 17.4. The molecular weight excluding hydrogens is 444 g/mol. The molecule has 2 saturated carbocycles. The quantitative estimate of drug-likeness (QED) is 0.426. The van der Waals surface area contributed by atoms with E-state index in [1.807, 2.05) is 0 Å². The van der Waals surface area contributed by atoms with Crippen molar-refractivity contribution in [2.24, 2.45) is 0 Å². The van der Waals surface area contributed by atoms with Crippen molar-refractivity contribution in [2.45, 2.75) is 116 Å². The summed E-state index contributed by atoms with van der Waals surface area (Å²) in [6.07, 6.45) is 8.33. The second-order valence-corrected chi connectivity index (χ2v) is 10.6. The number of phenolic OH excluding ortho intramolecular Hbond substituents is 1. The zero-order valence-electron chi connectivity index (χ0n) is 22.3. The van der Waals surface area contributed by atoms with Crippen LogP contribution in [-0.2, 0) is 32.6 Å². The van der Waals surface area contributed by atoms with Gasteiger partial charge >= 0.3 is 0 Å². The lowest BCUT2D eigenvalue weighted by atomic mass is 9.80. The lowest BCUT2D eigenvalue weighted by molar-refractivity contribution is -0.662. The third-order valence-electron chi connectivity index (χ3n) is 8.39. The molecule has 0 radical (unpaired) electrons. The van der Waals surface area contributed by atoms with E-state index >= 15 is 0 Å². The molecule has 3 fully saturated rings. The van der Waals surface area contributed by atoms with Gasteiger partial charge in [0.2, 0.25) is 11.6 Å². The number of benzene rings is 1. The molecule has 0 unspecified atom stereocenters. The largest absolute Gasteiger partial charge is 0.507 e. The molecule has 0 atom stereocenters. The highest BCUT2D eigenvalue weighted by molar-refractivity contribution is 5.45. The number of nitrogens with zero attached hydrogens (tertiary/aromatic N) is 2. The van der Waals surface area contributed by atoms with E-state index in [-0.39, 0.29) is 0 Å². The molecule has 0 bridgehead atoms. The Hall–Kier alpha value is -1.22. The third kappa shape index (κ3) is 6.20. The van der Waals surface area contributed by atoms with Gasteiger partial charge in [-0.25, -0.2) is 0 Å². The Morgan fingerprint density at radius 2 is 1.14 bits per heavy atom. The van der Waals surface area contributed by atoms with Gasteiger partial charge in [0.05, 0.1) is 0 Å². The molecule has 7 heteroatoms. The molecule has 0 aromatic heterocycles. The molecule has 2 spiro atoms. The number of aromatic hydroxyl groups is 1. The zero-order valence-corrected chi connectivity index (χ0v) is 22.3. The topological polar surface area (TPSA) is 63.6 Å². The molecule has 198 valence electrons. The van der Waals surface area contributed by atoms with E-state index in [2.05, 4.69) is 49.6 Å². The summed E-state index contributed by atoms with van der Waals surface area (Å²) >= 11 is 0. The van der Waals surface area contributed by atoms with Crippen LogP contribution >= 0.6 is 0 Å². The van der Waals surface area contributed by atoms with Crippen molar-refractivity contribution >= 4 is 0 Å². The Bertz CT molecular complexity index is 763. The van der Waals surface area contributed by atoms with Crippen molar-refractivity contribution in [2.75, 3.05) is 26.2 Å². The monoisotopic (exact) mass is 490 g/mol. The summed E-state index contributed by atoms with van der Waals surface area (Å²) in [4.78, 5) is 28.2. The Balaban J connectivity index is 1.47. The van der Waals surface area contributed by atoms with Gasteiger partial charge in [0.1, 0.15) is 5.75 Å². The first-order valence-electron chi connectivity index (χ1n) is 14.0. The van der Waals surface area contributed by atoms with Crippen LogP contribution in [0.1, 0.15) is 108 Å². The first-order valence-corrected chi connectivity index (χ1v) is 14.0. The van der Waals surface area contributed by atoms with Crippen LogP contribution in [0, 0.1) is 0 Å². The van der Waals surface area contributed by atoms with Gasteiger partial charge < -0.3 is 5.11 Å². The van der Waals surface area contributed by atoms with Crippen molar-refractivity contribution < 1.29 is 24.7 Å². The summed E-state index contributed by atoms with van der Waals surface area (Å²) in [6, 6.07) is 4.46. The van der Waals surface area contributed by atoms with E-state index in [1.165, 1.54) is 12.0 Å². The Morgan fingerprint density at radius 1 is 0.714 bits per heavy atom. The predicted molar refractivity (Wildman–Crippen MR) is 135 cm³/mol. The molecule has 1 heterocycles. The van der Waals surface area contributed by atoms with E-state index in [4.69, 9.17) is 19.6 Å². The minimum atomic E-state index is -0.801. The number of hydrogen-bond acceptors (Lipinski definition) is 7. The van der Waals surface area contributed by atoms with Gasteiger partial charge in [-0.3, -0.25) is 9.80 Å². The van der Waals surface area contributed by atoms with E-state index < -0.39 is 11.6 Å². The SMILES string of the molecule is CCN(CC)Cc1cc(C2CCC3(CC2)OOC2(CCCCC2)OO3)cc(CN(CC)CC)c1O. The Kier molecular flexibility index (Phi) is 9.11. The Morgan fingerprint density at radius 3 is 1.57 bits per heavy atom. The fourth-order valence-electron chi connectivity index (χ4n) is 5.79. The molecule has 3 aliphatic rings. The van der Waals surface area contributed by atoms with Gasteiger partial charge in [0, 0.05) is 49.9 Å². The van der Waals surface area contributed by atoms with Crippen molar-refractivity contribution in [1.29, 1.82) is 0 Å². The van der Waals surface area contributed by atoms with Crippen molar-refractivity contribution in [1.82, 2.24) is 9.80 Å². The van der Waals surface area contributed by atoms with E-state index in [1.54, 1.807) is 0 Å². The maximum atomic E-state index is 11.2. The summed E-state index contributed by atoms with van der Waals surface area (Å²) in [5, 5.41) is 11.2. The first-order chi connectivity index (χ1) is 16.9. The zero-order chi connectivity index (χ0) is 24.9. The van der Waals surface area contributed by atoms with Crippen LogP contribution in [0.2, 0.25) is 0 Å². The average Bonchev–Trinajstić information content (AvgIpc) is 2.90. The number of rotatable bonds is 9. The molecule has 1 N–H and O–H groups in total. The van der Waals surface area contributed by atoms with Gasteiger partial charge in [-0.05, 0) is 63.3 Å². The average molecular weight is 491 g/mol. The molecule has 35 heavy (non-hydrogen) atoms. The minimum absolute atomic E-state index is 0.393. The van der Waals surface area contributed by atoms with Crippen molar-refractivity contribution in [3.05, 3.63) is 28.8 Å². The summed E-state index contributed by atoms with van der Waals surface area (Å²) in [5.74, 6) is -0.663. The summed E-state index contributed by atoms with van der Waals surface area (Å²) in [7, 11) is 0. The molecule has 2 aliphatic carbocycles. The van der Waals surface area contributed by atoms with Gasteiger partial charge in [-0.2, -0.15) is 19.6 Å². The van der Waals surface area contributed by atoms with E-state index in [0.29, 0.717) is 11.7 Å². The van der Waals surface area contributed by atoms with Crippen LogP contribution in [-0.4, -0.2) is 52.7 Å². The normalized spacial score (nSPS) is 22.5. The lowest BCUT2D eigenvalue weighted by Crippen LogP contribution is -2.52. The molecule has 1 saturated heterocycles. The number of hydrogen-bond donors (Lipinski definition) is 1. The lowest BCUT2D eigenvalue weighted by Gasteiger charge is -2.46. The minimum Gasteiger partial charge on any atom is -0.507 e. The maximum absolute atomic E-state index is 11.2. The standard InChI is InChI=1S/C28H46N2O5/c1-5-29(6-2)20-24-18-23(19-25(26(24)31)21-30(7-3)8-4)22-12-16-28(17-13-22)34-32-27(33-35-28)14-10-9-11-15-27/h18-19,22,31H,5-17,20-21H2,1-4H3. The molecule has 0 amide bonds. The van der Waals surface area contributed by atoms with Gasteiger partial charge in [-0.1, -0.05) is 46.2 Å². The van der Waals surface area contributed by atoms with Gasteiger partial charge in [0.25, 0.3) is 0 Å². The van der Waals surface area contributed by atoms with E-state index in [9.17, 15) is 5.11 Å². The second-order valence-electron chi connectivity index (χ2n) is 10.6. The van der Waals surface area contributed by atoms with Crippen LogP contribution in [0.3, 0.4) is 0 Å². The van der Waals surface area contributed by atoms with Crippen LogP contribution < -0.4 is 0 Å². The molecule has 4 rings (SSSR count). The molecule has 1 aromatic rings. The summed E-state index contributed by atoms with van der Waals surface area (Å²) in [6.45, 7) is 14.1. The molecular formula is C28H46N2O5. The highest BCUT2D eigenvalue weighted by Crippen LogP contribution is 2.47. The van der Waals surface area contributed by atoms with Gasteiger partial charge in [0.15, 0.2) is 0 Å². The predicted octanol–water partition coefficient (Wildman–Crippen LogP) is 6.00. The smallest absolute Gasteiger partial charge is 0.234 e. The number of phenols is 1. The van der Waals surface area contributed by atoms with Crippen LogP contribution in [0.25, 0.3) is 0 Å². The van der Waals surface area contributed by atoms with Crippen LogP contribution in [0.5, 0.6) is 5.75 Å². The third-order valence-corrected chi connectivity index (χ3v) is 8.39. The molecule has 1 aliphatic heterocycles. The summed E-state index contributed by atoms with van der Waals surface area (Å²) < 4.78 is 0. The van der Waals surface area contributed by atoms with Crippen molar-refractivity contribution in [3.63, 3.8) is 0 Å². The summed E-state index contributed by atoms with van der Waals surface area (Å²) in [5.41, 5.74) is 3.37. The fraction of sp³-hybridized carbons (Fsp3) is 0.786. The van der Waals surface area contributed by atoms with Gasteiger partial charge in [-0.15, -0.1) is 0 Å². The molecule has 7 nitrogen and oxygen atoms in total. The van der Waals surface area contributed by atoms with Crippen LogP contribution in [0.4, 0.5) is 0 Å². The van der Waals surface area contributed by atoms with E-state index in [0.717, 1.165) is 102 Å². The highest BCUT2D eigenvalue weighted by Gasteiger charge is 2.50. The Labute approximate surface area is 211 Å². The first kappa shape index (κ1) is 26.8. The van der Waals surface area contributed by atoms with Crippen molar-refractivity contribution in [3.8, 4) is 5.75 Å². The van der Waals surface area contributed by atoms with Crippen LogP contribution in [0.15, 0.2) is 12.1 Å².